The van der Waals surface area contributed by atoms with Crippen LogP contribution in [0.4, 0.5) is 24.5 Å². The first-order chi connectivity index (χ1) is 11.6. The van der Waals surface area contributed by atoms with Crippen molar-refractivity contribution in [1.29, 1.82) is 0 Å². The summed E-state index contributed by atoms with van der Waals surface area (Å²) in [5, 5.41) is 21.1. The number of anilines is 1. The lowest BCUT2D eigenvalue weighted by Crippen LogP contribution is -2.34. The zero-order valence-corrected chi connectivity index (χ0v) is 12.9. The van der Waals surface area contributed by atoms with Gasteiger partial charge in [-0.2, -0.15) is 13.2 Å². The molecule has 2 N–H and O–H groups in total. The van der Waals surface area contributed by atoms with Gasteiger partial charge >= 0.3 is 6.18 Å². The van der Waals surface area contributed by atoms with E-state index in [9.17, 15) is 32.9 Å². The summed E-state index contributed by atoms with van der Waals surface area (Å²) in [5.74, 6) is -1.74. The Bertz CT molecular complexity index is 794. The summed E-state index contributed by atoms with van der Waals surface area (Å²) >= 11 is 5.44. The van der Waals surface area contributed by atoms with Crippen molar-refractivity contribution >= 4 is 34.8 Å². The van der Waals surface area contributed by atoms with Gasteiger partial charge in [0, 0.05) is 12.1 Å². The van der Waals surface area contributed by atoms with Gasteiger partial charge in [0.05, 0.1) is 28.7 Å². The van der Waals surface area contributed by atoms with Gasteiger partial charge in [0.15, 0.2) is 0 Å². The van der Waals surface area contributed by atoms with Gasteiger partial charge in [-0.25, -0.2) is 0 Å². The molecule has 2 rings (SSSR count). The van der Waals surface area contributed by atoms with Crippen molar-refractivity contribution in [3.8, 4) is 0 Å². The molecule has 1 aliphatic rings. The van der Waals surface area contributed by atoms with Crippen LogP contribution < -0.4 is 5.32 Å². The third-order valence-corrected chi connectivity index (χ3v) is 3.50. The number of nitro groups is 1. The van der Waals surface area contributed by atoms with Crippen molar-refractivity contribution in [1.82, 2.24) is 4.90 Å². The molecule has 0 spiro atoms. The maximum atomic E-state index is 12.9. The zero-order chi connectivity index (χ0) is 18.9. The fourth-order valence-corrected chi connectivity index (χ4v) is 2.35. The molecule has 0 saturated heterocycles. The number of imide groups is 1. The van der Waals surface area contributed by atoms with E-state index >= 15 is 0 Å². The van der Waals surface area contributed by atoms with E-state index in [4.69, 9.17) is 16.7 Å². The number of aliphatic hydroxyl groups excluding tert-OH is 1. The average Bonchev–Trinajstić information content (AvgIpc) is 2.75. The lowest BCUT2D eigenvalue weighted by atomic mass is 10.1. The Labute approximate surface area is 142 Å². The van der Waals surface area contributed by atoms with Crippen LogP contribution in [0.15, 0.2) is 23.9 Å². The van der Waals surface area contributed by atoms with Crippen molar-refractivity contribution in [2.45, 2.75) is 6.18 Å². The third kappa shape index (κ3) is 3.72. The lowest BCUT2D eigenvalue weighted by molar-refractivity contribution is -0.384. The van der Waals surface area contributed by atoms with E-state index in [1.807, 2.05) is 0 Å². The minimum absolute atomic E-state index is 0.324. The number of hydrogen-bond acceptors (Lipinski definition) is 6. The molecule has 25 heavy (non-hydrogen) atoms. The van der Waals surface area contributed by atoms with Gasteiger partial charge in [0.25, 0.3) is 17.5 Å². The number of carbonyl (C=O) groups excluding carboxylic acids is 2. The van der Waals surface area contributed by atoms with E-state index in [1.54, 1.807) is 0 Å². The van der Waals surface area contributed by atoms with Crippen LogP contribution >= 0.6 is 11.6 Å². The highest BCUT2D eigenvalue weighted by Gasteiger charge is 2.37. The predicted molar refractivity (Wildman–Crippen MR) is 78.6 cm³/mol. The summed E-state index contributed by atoms with van der Waals surface area (Å²) in [5.41, 5.74) is -3.26. The van der Waals surface area contributed by atoms with Crippen LogP contribution in [0.25, 0.3) is 0 Å². The third-order valence-electron chi connectivity index (χ3n) is 3.19. The molecule has 0 aromatic heterocycles. The molecular formula is C13H9ClF3N3O5. The first-order valence-electron chi connectivity index (χ1n) is 6.56. The summed E-state index contributed by atoms with van der Waals surface area (Å²) in [6.45, 7) is -0.840. The zero-order valence-electron chi connectivity index (χ0n) is 12.1. The molecule has 1 aromatic rings. The van der Waals surface area contributed by atoms with Gasteiger partial charge in [-0.3, -0.25) is 24.6 Å². The predicted octanol–water partition coefficient (Wildman–Crippen LogP) is 1.92. The fourth-order valence-electron chi connectivity index (χ4n) is 2.09. The smallest absolute Gasteiger partial charge is 0.395 e. The molecule has 12 heteroatoms. The van der Waals surface area contributed by atoms with E-state index < -0.39 is 57.2 Å². The van der Waals surface area contributed by atoms with E-state index in [1.165, 1.54) is 0 Å². The summed E-state index contributed by atoms with van der Waals surface area (Å²) in [6.07, 6.45) is -4.11. The van der Waals surface area contributed by atoms with Crippen molar-refractivity contribution < 1.29 is 32.8 Å². The molecule has 134 valence electrons. The minimum atomic E-state index is -4.88. The Hall–Kier alpha value is -2.66. The summed E-state index contributed by atoms with van der Waals surface area (Å²) in [4.78, 5) is 34.3. The molecule has 0 fully saturated rings. The molecular weight excluding hydrogens is 371 g/mol. The topological polar surface area (TPSA) is 113 Å². The van der Waals surface area contributed by atoms with Gasteiger partial charge < -0.3 is 10.4 Å². The summed E-state index contributed by atoms with van der Waals surface area (Å²) < 4.78 is 38.8. The highest BCUT2D eigenvalue weighted by molar-refractivity contribution is 6.31. The highest BCUT2D eigenvalue weighted by Crippen LogP contribution is 2.40. The Morgan fingerprint density at radius 3 is 2.48 bits per heavy atom. The lowest BCUT2D eigenvalue weighted by Gasteiger charge is -2.15. The number of amides is 2. The van der Waals surface area contributed by atoms with Crippen LogP contribution in [0.2, 0.25) is 5.02 Å². The molecule has 0 saturated carbocycles. The molecule has 1 heterocycles. The Kier molecular flexibility index (Phi) is 4.99. The number of rotatable bonds is 5. The van der Waals surface area contributed by atoms with Gasteiger partial charge in [0.1, 0.15) is 11.4 Å². The van der Waals surface area contributed by atoms with Crippen LogP contribution in [-0.2, 0) is 15.8 Å². The number of hydrogen-bond donors (Lipinski definition) is 2. The van der Waals surface area contributed by atoms with Crippen molar-refractivity contribution in [3.63, 3.8) is 0 Å². The summed E-state index contributed by atoms with van der Waals surface area (Å²) in [6, 6.07) is 0.883. The Morgan fingerprint density at radius 1 is 1.32 bits per heavy atom. The molecule has 1 aliphatic heterocycles. The molecule has 2 amide bonds. The second kappa shape index (κ2) is 6.69. The maximum absolute atomic E-state index is 12.9. The fraction of sp³-hybridized carbons (Fsp3) is 0.231. The van der Waals surface area contributed by atoms with Gasteiger partial charge in [-0.15, -0.1) is 0 Å². The first-order valence-corrected chi connectivity index (χ1v) is 6.94. The molecule has 1 aromatic carbocycles. The molecule has 0 radical (unpaired) electrons. The SMILES string of the molecule is O=C1C=C(Nc2cc(C(F)(F)F)c(Cl)cc2[N+](=O)[O-])C(=O)N1CCO. The minimum Gasteiger partial charge on any atom is -0.395 e. The Morgan fingerprint density at radius 2 is 1.96 bits per heavy atom. The van der Waals surface area contributed by atoms with Crippen LogP contribution in [0.1, 0.15) is 5.56 Å². The number of benzene rings is 1. The van der Waals surface area contributed by atoms with Crippen LogP contribution in [-0.4, -0.2) is 39.9 Å². The standard InChI is InChI=1S/C13H9ClF3N3O5/c14-7-4-10(20(24)25)8(3-6(7)13(15,16)17)18-9-5-11(22)19(1-2-21)12(9)23/h3-5,18,21H,1-2H2. The first kappa shape index (κ1) is 18.7. The number of alkyl halides is 3. The second-order valence-electron chi connectivity index (χ2n) is 4.81. The number of carbonyl (C=O) groups is 2. The van der Waals surface area contributed by atoms with Gasteiger partial charge in [-0.05, 0) is 6.07 Å². The van der Waals surface area contributed by atoms with Gasteiger partial charge in [-0.1, -0.05) is 11.6 Å². The molecule has 0 aliphatic carbocycles. The van der Waals surface area contributed by atoms with E-state index in [0.717, 1.165) is 6.08 Å². The largest absolute Gasteiger partial charge is 0.417 e. The molecule has 8 nitrogen and oxygen atoms in total. The number of nitro benzene ring substituents is 1. The highest BCUT2D eigenvalue weighted by atomic mass is 35.5. The van der Waals surface area contributed by atoms with Crippen molar-refractivity contribution in [3.05, 3.63) is 44.6 Å². The number of aliphatic hydroxyl groups is 1. The average molecular weight is 380 g/mol. The van der Waals surface area contributed by atoms with E-state index in [-0.39, 0.29) is 6.54 Å². The number of β-amino-alcohol motifs (C(OH)–C–C–N with tert-alkyl or cyclic N) is 1. The van der Waals surface area contributed by atoms with Crippen molar-refractivity contribution in [2.75, 3.05) is 18.5 Å². The maximum Gasteiger partial charge on any atom is 0.417 e. The van der Waals surface area contributed by atoms with Crippen LogP contribution in [0, 0.1) is 10.1 Å². The quantitative estimate of drug-likeness (QED) is 0.459. The number of halogens is 4. The van der Waals surface area contributed by atoms with Crippen LogP contribution in [0.3, 0.4) is 0 Å². The second-order valence-corrected chi connectivity index (χ2v) is 5.21. The molecule has 0 bridgehead atoms. The van der Waals surface area contributed by atoms with E-state index in [2.05, 4.69) is 5.32 Å². The van der Waals surface area contributed by atoms with Crippen molar-refractivity contribution in [2.24, 2.45) is 0 Å². The van der Waals surface area contributed by atoms with Crippen LogP contribution in [0.5, 0.6) is 0 Å². The van der Waals surface area contributed by atoms with E-state index in [0.29, 0.717) is 17.0 Å². The molecule has 0 atom stereocenters. The number of nitrogens with one attached hydrogen (secondary N) is 1. The summed E-state index contributed by atoms with van der Waals surface area (Å²) in [7, 11) is 0. The van der Waals surface area contributed by atoms with Gasteiger partial charge in [0.2, 0.25) is 0 Å². The molecule has 0 unspecified atom stereocenters. The normalized spacial score (nSPS) is 14.8. The monoisotopic (exact) mass is 379 g/mol. The number of nitrogens with zero attached hydrogens (tertiary/aromatic N) is 2. The Balaban J connectivity index is 2.45.